The molecular formula is C13H13F9N2O. The van der Waals surface area contributed by atoms with Gasteiger partial charge in [0.05, 0.1) is 5.70 Å². The van der Waals surface area contributed by atoms with E-state index in [9.17, 15) is 44.6 Å². The number of hydrogen-bond acceptors (Lipinski definition) is 3. The highest BCUT2D eigenvalue weighted by Crippen LogP contribution is 2.44. The van der Waals surface area contributed by atoms with Crippen LogP contribution < -0.4 is 5.32 Å². The predicted octanol–water partition coefficient (Wildman–Crippen LogP) is 2.94. The summed E-state index contributed by atoms with van der Waals surface area (Å²) in [4.78, 5) is 0. The lowest BCUT2D eigenvalue weighted by Gasteiger charge is -2.32. The lowest BCUT2D eigenvalue weighted by atomic mass is 9.90. The molecular weight excluding hydrogens is 371 g/mol. The summed E-state index contributed by atoms with van der Waals surface area (Å²) in [5.41, 5.74) is -5.62. The topological polar surface area (TPSA) is 56.1 Å². The smallest absolute Gasteiger partial charge is 0.382 e. The van der Waals surface area contributed by atoms with Gasteiger partial charge in [0.1, 0.15) is 24.2 Å². The van der Waals surface area contributed by atoms with E-state index >= 15 is 0 Å². The molecule has 0 bridgehead atoms. The molecule has 3 N–H and O–H groups in total. The van der Waals surface area contributed by atoms with Gasteiger partial charge in [0.15, 0.2) is 6.17 Å². The minimum Gasteiger partial charge on any atom is -0.382 e. The fraction of sp³-hybridized carbons (Fsp3) is 0.769. The summed E-state index contributed by atoms with van der Waals surface area (Å²) in [6.07, 6.45) is -21.0. The second-order valence-electron chi connectivity index (χ2n) is 5.93. The molecule has 6 atom stereocenters. The van der Waals surface area contributed by atoms with E-state index in [1.807, 2.05) is 5.32 Å². The number of aliphatic hydroxyl groups is 1. The maximum absolute atomic E-state index is 13.9. The van der Waals surface area contributed by atoms with Crippen molar-refractivity contribution in [3.63, 3.8) is 0 Å². The van der Waals surface area contributed by atoms with E-state index in [1.165, 1.54) is 0 Å². The Balaban J connectivity index is 2.36. The van der Waals surface area contributed by atoms with Crippen molar-refractivity contribution in [2.24, 2.45) is 0 Å². The first-order valence-electron chi connectivity index (χ1n) is 7.07. The molecule has 0 heterocycles. The van der Waals surface area contributed by atoms with Crippen LogP contribution in [0.4, 0.5) is 39.5 Å². The zero-order valence-electron chi connectivity index (χ0n) is 12.2. The summed E-state index contributed by atoms with van der Waals surface area (Å²) < 4.78 is 119. The summed E-state index contributed by atoms with van der Waals surface area (Å²) in [5.74, 6) is -4.67. The van der Waals surface area contributed by atoms with Crippen molar-refractivity contribution in [3.8, 4) is 0 Å². The molecule has 2 rings (SSSR count). The minimum absolute atomic E-state index is 0.799. The van der Waals surface area contributed by atoms with Gasteiger partial charge in [-0.05, 0) is 0 Å². The summed E-state index contributed by atoms with van der Waals surface area (Å²) in [6.45, 7) is 0. The largest absolute Gasteiger partial charge is 0.433 e. The molecule has 3 nitrogen and oxygen atoms in total. The van der Waals surface area contributed by atoms with Gasteiger partial charge in [-0.1, -0.05) is 0 Å². The fourth-order valence-corrected chi connectivity index (χ4v) is 2.85. The Bertz CT molecular complexity index is 564. The molecule has 0 aromatic heterocycles. The molecule has 0 radical (unpaired) electrons. The third kappa shape index (κ3) is 3.44. The molecule has 0 unspecified atom stereocenters. The summed E-state index contributed by atoms with van der Waals surface area (Å²) >= 11 is 0. The molecule has 0 saturated heterocycles. The van der Waals surface area contributed by atoms with Gasteiger partial charge in [-0.3, -0.25) is 5.41 Å². The molecule has 0 aliphatic heterocycles. The van der Waals surface area contributed by atoms with Gasteiger partial charge in [-0.15, -0.1) is 0 Å². The van der Waals surface area contributed by atoms with E-state index in [2.05, 4.69) is 0 Å². The average molecular weight is 384 g/mol. The molecule has 2 aliphatic rings. The number of hydrogen-bond donors (Lipinski definition) is 3. The van der Waals surface area contributed by atoms with E-state index in [0.29, 0.717) is 0 Å². The van der Waals surface area contributed by atoms with Crippen molar-refractivity contribution < 1.29 is 44.6 Å². The minimum atomic E-state index is -5.47. The Morgan fingerprint density at radius 1 is 1.08 bits per heavy atom. The van der Waals surface area contributed by atoms with Crippen LogP contribution in [-0.2, 0) is 0 Å². The highest BCUT2D eigenvalue weighted by atomic mass is 19.4. The van der Waals surface area contributed by atoms with E-state index in [1.54, 1.807) is 0 Å². The quantitative estimate of drug-likeness (QED) is 0.518. The van der Waals surface area contributed by atoms with Gasteiger partial charge in [0.25, 0.3) is 0 Å². The van der Waals surface area contributed by atoms with Crippen molar-refractivity contribution in [2.45, 2.75) is 61.8 Å². The van der Waals surface area contributed by atoms with E-state index in [0.717, 1.165) is 0 Å². The third-order valence-corrected chi connectivity index (χ3v) is 4.14. The maximum atomic E-state index is 13.9. The zero-order valence-corrected chi connectivity index (χ0v) is 12.2. The van der Waals surface area contributed by atoms with Crippen molar-refractivity contribution in [2.75, 3.05) is 0 Å². The number of nitrogens with one attached hydrogen (secondary N) is 2. The normalized spacial score (nSPS) is 38.8. The molecule has 0 aromatic rings. The van der Waals surface area contributed by atoms with Crippen LogP contribution in [0.1, 0.15) is 12.8 Å². The molecule has 12 heteroatoms. The van der Waals surface area contributed by atoms with Crippen LogP contribution >= 0.6 is 0 Å². The predicted molar refractivity (Wildman–Crippen MR) is 67.5 cm³/mol. The van der Waals surface area contributed by atoms with Crippen LogP contribution in [-0.4, -0.2) is 59.7 Å². The number of aliphatic hydroxyl groups excluding tert-OH is 1. The van der Waals surface area contributed by atoms with Crippen LogP contribution in [0.5, 0.6) is 0 Å². The van der Waals surface area contributed by atoms with Gasteiger partial charge in [-0.25, -0.2) is 17.6 Å². The van der Waals surface area contributed by atoms with Crippen LogP contribution in [0.3, 0.4) is 0 Å². The Morgan fingerprint density at radius 2 is 1.56 bits per heavy atom. The highest BCUT2D eigenvalue weighted by molar-refractivity contribution is 6.04. The first-order chi connectivity index (χ1) is 11.3. The van der Waals surface area contributed by atoms with E-state index in [4.69, 9.17) is 5.41 Å². The fourth-order valence-electron chi connectivity index (χ4n) is 2.85. The van der Waals surface area contributed by atoms with Crippen molar-refractivity contribution in [3.05, 3.63) is 11.3 Å². The highest BCUT2D eigenvalue weighted by Gasteiger charge is 2.61. The molecule has 2 aliphatic carbocycles. The molecule has 0 amide bonds. The number of allylic oxidation sites excluding steroid dienone is 1. The molecule has 1 fully saturated rings. The lowest BCUT2D eigenvalue weighted by Crippen LogP contribution is -2.47. The molecule has 0 spiro atoms. The van der Waals surface area contributed by atoms with Gasteiger partial charge in [0.2, 0.25) is 6.17 Å². The van der Waals surface area contributed by atoms with Gasteiger partial charge < -0.3 is 10.4 Å². The van der Waals surface area contributed by atoms with Crippen LogP contribution in [0.25, 0.3) is 0 Å². The molecule has 144 valence electrons. The summed E-state index contributed by atoms with van der Waals surface area (Å²) in [6, 6.07) is -1.48. The van der Waals surface area contributed by atoms with E-state index in [-0.39, 0.29) is 0 Å². The summed E-state index contributed by atoms with van der Waals surface area (Å²) in [5, 5.41) is 18.0. The van der Waals surface area contributed by atoms with E-state index < -0.39 is 78.8 Å². The number of halogens is 9. The van der Waals surface area contributed by atoms with Crippen LogP contribution in [0, 0.1) is 5.41 Å². The van der Waals surface area contributed by atoms with Crippen LogP contribution in [0.15, 0.2) is 11.3 Å². The SMILES string of the molecule is N=C(C1=C(N[C@@H]2C[C@@H](F)[C@@H](F)[C@@H](F)C2)[C@@H](F)C(F)(F)[C@H]1O)C(F)(F)F. The van der Waals surface area contributed by atoms with Crippen molar-refractivity contribution in [1.82, 2.24) is 5.32 Å². The average Bonchev–Trinajstić information content (AvgIpc) is 2.64. The van der Waals surface area contributed by atoms with Gasteiger partial charge in [0, 0.05) is 24.5 Å². The Kier molecular flexibility index (Phi) is 5.05. The number of rotatable bonds is 3. The third-order valence-electron chi connectivity index (χ3n) is 4.14. The summed E-state index contributed by atoms with van der Waals surface area (Å²) in [7, 11) is 0. The molecule has 1 saturated carbocycles. The zero-order chi connectivity index (χ0) is 19.3. The van der Waals surface area contributed by atoms with Crippen LogP contribution in [0.2, 0.25) is 0 Å². The van der Waals surface area contributed by atoms with Crippen molar-refractivity contribution in [1.29, 1.82) is 5.41 Å². The second kappa shape index (κ2) is 6.36. The van der Waals surface area contributed by atoms with Gasteiger partial charge in [-0.2, -0.15) is 22.0 Å². The number of alkyl halides is 9. The second-order valence-corrected chi connectivity index (χ2v) is 5.93. The van der Waals surface area contributed by atoms with Gasteiger partial charge >= 0.3 is 12.1 Å². The standard InChI is InChI=1S/C13H13F9N2O/c14-4-1-3(2-5(15)7(4)16)24-8-6(10(23)13(20,21)22)11(25)12(18,19)9(8)17/h3-5,7,9,11,23-25H,1-2H2/t3-,4-,5+,7-,9-,11+/m1/s1. The molecule has 0 aromatic carbocycles. The Morgan fingerprint density at radius 3 is 2.00 bits per heavy atom. The Hall–Kier alpha value is -1.46. The maximum Gasteiger partial charge on any atom is 0.433 e. The lowest BCUT2D eigenvalue weighted by molar-refractivity contribution is -0.117. The molecule has 25 heavy (non-hydrogen) atoms. The first-order valence-corrected chi connectivity index (χ1v) is 7.07. The monoisotopic (exact) mass is 384 g/mol. The first kappa shape index (κ1) is 19.9. The Labute approximate surface area is 135 Å². The van der Waals surface area contributed by atoms with Crippen molar-refractivity contribution >= 4 is 5.71 Å².